The summed E-state index contributed by atoms with van der Waals surface area (Å²) in [6.45, 7) is 6.14. The van der Waals surface area contributed by atoms with E-state index >= 15 is 0 Å². The highest BCUT2D eigenvalue weighted by Crippen LogP contribution is 2.15. The zero-order valence-corrected chi connectivity index (χ0v) is 8.64. The van der Waals surface area contributed by atoms with Crippen LogP contribution in [0.2, 0.25) is 0 Å². The summed E-state index contributed by atoms with van der Waals surface area (Å²) in [6.07, 6.45) is 0. The lowest BCUT2D eigenvalue weighted by atomic mass is 10.1. The van der Waals surface area contributed by atoms with Gasteiger partial charge in [0.25, 0.3) is 0 Å². The van der Waals surface area contributed by atoms with E-state index in [4.69, 9.17) is 0 Å². The summed E-state index contributed by atoms with van der Waals surface area (Å²) >= 11 is 0. The number of anilines is 1. The van der Waals surface area contributed by atoms with Crippen molar-refractivity contribution in [2.24, 2.45) is 5.92 Å². The van der Waals surface area contributed by atoms with Crippen LogP contribution < -0.4 is 5.32 Å². The molecule has 0 heterocycles. The normalized spacial score (nSPS) is 13.0. The first-order valence-corrected chi connectivity index (χ1v) is 4.72. The highest BCUT2D eigenvalue weighted by atomic mass is 19.2. The minimum Gasteiger partial charge on any atom is -0.382 e. The molecule has 0 bridgehead atoms. The average Bonchev–Trinajstić information content (AvgIpc) is 2.11. The van der Waals surface area contributed by atoms with Crippen LogP contribution in [0.4, 0.5) is 14.5 Å². The molecule has 0 aliphatic heterocycles. The van der Waals surface area contributed by atoms with Gasteiger partial charge in [0.15, 0.2) is 11.6 Å². The molecule has 1 N–H and O–H groups in total. The molecule has 0 aromatic heterocycles. The Hall–Kier alpha value is -1.12. The number of hydrogen-bond acceptors (Lipinski definition) is 1. The van der Waals surface area contributed by atoms with Gasteiger partial charge in [-0.1, -0.05) is 13.8 Å². The van der Waals surface area contributed by atoms with Crippen molar-refractivity contribution in [3.8, 4) is 0 Å². The summed E-state index contributed by atoms with van der Waals surface area (Å²) in [6, 6.07) is 4.08. The Bertz CT molecular complexity index is 310. The van der Waals surface area contributed by atoms with Crippen LogP contribution in [-0.4, -0.2) is 6.04 Å². The Morgan fingerprint density at radius 3 is 2.21 bits per heavy atom. The van der Waals surface area contributed by atoms with E-state index in [1.807, 2.05) is 6.92 Å². The monoisotopic (exact) mass is 199 g/mol. The van der Waals surface area contributed by atoms with Crippen molar-refractivity contribution in [3.05, 3.63) is 29.8 Å². The number of nitrogens with one attached hydrogen (secondary N) is 1. The first kappa shape index (κ1) is 11.0. The van der Waals surface area contributed by atoms with E-state index in [0.717, 1.165) is 6.07 Å². The largest absolute Gasteiger partial charge is 0.382 e. The summed E-state index contributed by atoms with van der Waals surface area (Å²) in [5, 5.41) is 3.10. The van der Waals surface area contributed by atoms with Gasteiger partial charge in [0.05, 0.1) is 0 Å². The molecule has 0 amide bonds. The maximum atomic E-state index is 12.8. The molecule has 0 radical (unpaired) electrons. The molecule has 78 valence electrons. The Morgan fingerprint density at radius 2 is 1.71 bits per heavy atom. The van der Waals surface area contributed by atoms with Crippen molar-refractivity contribution in [3.63, 3.8) is 0 Å². The zero-order chi connectivity index (χ0) is 10.7. The smallest absolute Gasteiger partial charge is 0.160 e. The summed E-state index contributed by atoms with van der Waals surface area (Å²) in [7, 11) is 0. The van der Waals surface area contributed by atoms with E-state index in [1.165, 1.54) is 12.1 Å². The topological polar surface area (TPSA) is 12.0 Å². The molecule has 1 aromatic carbocycles. The molecule has 0 aliphatic carbocycles. The SMILES string of the molecule is CC(C)[C@@H](C)Nc1ccc(F)c(F)c1. The molecule has 0 saturated carbocycles. The molecular weight excluding hydrogens is 184 g/mol. The Kier molecular flexibility index (Phi) is 3.44. The molecule has 14 heavy (non-hydrogen) atoms. The summed E-state index contributed by atoms with van der Waals surface area (Å²) < 4.78 is 25.4. The lowest BCUT2D eigenvalue weighted by molar-refractivity contribution is 0.508. The number of benzene rings is 1. The van der Waals surface area contributed by atoms with Gasteiger partial charge in [0, 0.05) is 17.8 Å². The van der Waals surface area contributed by atoms with E-state index in [0.29, 0.717) is 11.6 Å². The van der Waals surface area contributed by atoms with Crippen LogP contribution in [0.25, 0.3) is 0 Å². The lowest BCUT2D eigenvalue weighted by Crippen LogP contribution is -2.21. The highest BCUT2D eigenvalue weighted by molar-refractivity contribution is 5.44. The van der Waals surface area contributed by atoms with Gasteiger partial charge in [-0.15, -0.1) is 0 Å². The maximum absolute atomic E-state index is 12.8. The third-order valence-electron chi connectivity index (χ3n) is 2.31. The quantitative estimate of drug-likeness (QED) is 0.786. The number of halogens is 2. The zero-order valence-electron chi connectivity index (χ0n) is 8.64. The average molecular weight is 199 g/mol. The van der Waals surface area contributed by atoms with Crippen molar-refractivity contribution in [1.82, 2.24) is 0 Å². The van der Waals surface area contributed by atoms with E-state index in [2.05, 4.69) is 19.2 Å². The first-order valence-electron chi connectivity index (χ1n) is 4.72. The van der Waals surface area contributed by atoms with Crippen LogP contribution in [0.5, 0.6) is 0 Å². The van der Waals surface area contributed by atoms with Crippen molar-refractivity contribution in [1.29, 1.82) is 0 Å². The van der Waals surface area contributed by atoms with Gasteiger partial charge < -0.3 is 5.32 Å². The minimum atomic E-state index is -0.814. The second kappa shape index (κ2) is 4.40. The first-order chi connectivity index (χ1) is 6.50. The molecule has 1 aromatic rings. The second-order valence-electron chi connectivity index (χ2n) is 3.81. The van der Waals surface area contributed by atoms with Crippen LogP contribution >= 0.6 is 0 Å². The van der Waals surface area contributed by atoms with Gasteiger partial charge in [0.1, 0.15) is 0 Å². The fourth-order valence-electron chi connectivity index (χ4n) is 1.02. The van der Waals surface area contributed by atoms with Crippen LogP contribution in [0.3, 0.4) is 0 Å². The highest BCUT2D eigenvalue weighted by Gasteiger charge is 2.08. The van der Waals surface area contributed by atoms with Crippen LogP contribution in [0.15, 0.2) is 18.2 Å². The number of rotatable bonds is 3. The van der Waals surface area contributed by atoms with Crippen LogP contribution in [0.1, 0.15) is 20.8 Å². The predicted octanol–water partition coefficient (Wildman–Crippen LogP) is 3.42. The second-order valence-corrected chi connectivity index (χ2v) is 3.81. The molecule has 1 nitrogen and oxygen atoms in total. The fraction of sp³-hybridized carbons (Fsp3) is 0.455. The van der Waals surface area contributed by atoms with E-state index in [-0.39, 0.29) is 6.04 Å². The summed E-state index contributed by atoms with van der Waals surface area (Å²) in [5.41, 5.74) is 0.616. The Balaban J connectivity index is 2.73. The number of hydrogen-bond donors (Lipinski definition) is 1. The molecule has 0 aliphatic rings. The maximum Gasteiger partial charge on any atom is 0.160 e. The van der Waals surface area contributed by atoms with Crippen molar-refractivity contribution in [2.75, 3.05) is 5.32 Å². The molecule has 0 spiro atoms. The molecule has 0 saturated heterocycles. The summed E-state index contributed by atoms with van der Waals surface area (Å²) in [5.74, 6) is -1.18. The molecule has 3 heteroatoms. The molecule has 0 unspecified atom stereocenters. The third-order valence-corrected chi connectivity index (χ3v) is 2.31. The van der Waals surface area contributed by atoms with Crippen LogP contribution in [-0.2, 0) is 0 Å². The van der Waals surface area contributed by atoms with Crippen molar-refractivity contribution < 1.29 is 8.78 Å². The van der Waals surface area contributed by atoms with Crippen molar-refractivity contribution >= 4 is 5.69 Å². The molecule has 1 rings (SSSR count). The Morgan fingerprint density at radius 1 is 1.07 bits per heavy atom. The van der Waals surface area contributed by atoms with E-state index in [1.54, 1.807) is 0 Å². The van der Waals surface area contributed by atoms with Crippen molar-refractivity contribution in [2.45, 2.75) is 26.8 Å². The van der Waals surface area contributed by atoms with Crippen LogP contribution in [0, 0.1) is 17.6 Å². The van der Waals surface area contributed by atoms with Gasteiger partial charge in [-0.3, -0.25) is 0 Å². The van der Waals surface area contributed by atoms with E-state index in [9.17, 15) is 8.78 Å². The van der Waals surface area contributed by atoms with Gasteiger partial charge in [-0.05, 0) is 25.0 Å². The molecule has 1 atom stereocenters. The minimum absolute atomic E-state index is 0.236. The van der Waals surface area contributed by atoms with Gasteiger partial charge in [-0.2, -0.15) is 0 Å². The molecule has 0 fully saturated rings. The van der Waals surface area contributed by atoms with E-state index < -0.39 is 11.6 Å². The summed E-state index contributed by atoms with van der Waals surface area (Å²) in [4.78, 5) is 0. The van der Waals surface area contributed by atoms with Gasteiger partial charge in [0.2, 0.25) is 0 Å². The third kappa shape index (κ3) is 2.69. The predicted molar refractivity (Wildman–Crippen MR) is 54.3 cm³/mol. The molecular formula is C11H15F2N. The standard InChI is InChI=1S/C11H15F2N/c1-7(2)8(3)14-9-4-5-10(12)11(13)6-9/h4-8,14H,1-3H3/t8-/m1/s1. The lowest BCUT2D eigenvalue weighted by Gasteiger charge is -2.18. The van der Waals surface area contributed by atoms with Gasteiger partial charge in [-0.25, -0.2) is 8.78 Å². The Labute approximate surface area is 83.1 Å². The van der Waals surface area contributed by atoms with Gasteiger partial charge >= 0.3 is 0 Å². The fourth-order valence-corrected chi connectivity index (χ4v) is 1.02.